The van der Waals surface area contributed by atoms with Crippen LogP contribution in [0.5, 0.6) is 0 Å². The number of fused-ring (bicyclic) bond motifs is 1. The molecule has 0 aromatic carbocycles. The lowest BCUT2D eigenvalue weighted by atomic mass is 9.68. The van der Waals surface area contributed by atoms with Gasteiger partial charge >= 0.3 is 6.09 Å². The highest BCUT2D eigenvalue weighted by Gasteiger charge is 2.53. The van der Waals surface area contributed by atoms with E-state index in [1.54, 1.807) is 0 Å². The fourth-order valence-electron chi connectivity index (χ4n) is 3.86. The Morgan fingerprint density at radius 2 is 1.87 bits per heavy atom. The first-order valence-electron chi connectivity index (χ1n) is 8.90. The van der Waals surface area contributed by atoms with E-state index in [1.165, 1.54) is 0 Å². The minimum atomic E-state index is -0.475. The van der Waals surface area contributed by atoms with E-state index in [1.807, 2.05) is 20.8 Å². The predicted molar refractivity (Wildman–Crippen MR) is 86.4 cm³/mol. The molecule has 2 aliphatic heterocycles. The molecule has 6 nitrogen and oxygen atoms in total. The third-order valence-corrected chi connectivity index (χ3v) is 4.90. The number of alkyl carbamates (subject to hydrolysis) is 1. The van der Waals surface area contributed by atoms with Gasteiger partial charge in [-0.2, -0.15) is 0 Å². The summed E-state index contributed by atoms with van der Waals surface area (Å²) in [5.41, 5.74) is -0.475. The Balaban J connectivity index is 1.55. The smallest absolute Gasteiger partial charge is 0.407 e. The van der Waals surface area contributed by atoms with Gasteiger partial charge in [-0.3, -0.25) is 0 Å². The topological polar surface area (TPSA) is 68.8 Å². The molecular formula is C17H30N2O4. The van der Waals surface area contributed by atoms with Crippen molar-refractivity contribution in [2.24, 2.45) is 5.92 Å². The molecule has 1 aliphatic carbocycles. The van der Waals surface area contributed by atoms with Crippen molar-refractivity contribution in [3.8, 4) is 0 Å². The lowest BCUT2D eigenvalue weighted by Crippen LogP contribution is -2.73. The molecule has 0 aromatic heterocycles. The Labute approximate surface area is 138 Å². The third-order valence-electron chi connectivity index (χ3n) is 4.90. The van der Waals surface area contributed by atoms with Crippen LogP contribution in [0, 0.1) is 5.92 Å². The molecule has 3 aliphatic rings. The summed E-state index contributed by atoms with van der Waals surface area (Å²) in [6.07, 6.45) is 4.56. The van der Waals surface area contributed by atoms with E-state index in [9.17, 15) is 4.79 Å². The number of hydrogen-bond acceptors (Lipinski definition) is 5. The Hall–Kier alpha value is -0.850. The first kappa shape index (κ1) is 17.0. The summed E-state index contributed by atoms with van der Waals surface area (Å²) in [5, 5.41) is 6.61. The number of amides is 1. The minimum Gasteiger partial charge on any atom is -0.444 e. The highest BCUT2D eigenvalue weighted by molar-refractivity contribution is 5.68. The Morgan fingerprint density at radius 3 is 2.57 bits per heavy atom. The molecule has 2 N–H and O–H groups in total. The number of ether oxygens (including phenoxy) is 3. The van der Waals surface area contributed by atoms with E-state index in [0.717, 1.165) is 45.4 Å². The van der Waals surface area contributed by atoms with Crippen molar-refractivity contribution >= 4 is 6.09 Å². The number of nitrogens with one attached hydrogen (secondary N) is 2. The van der Waals surface area contributed by atoms with Gasteiger partial charge in [0, 0.05) is 25.7 Å². The van der Waals surface area contributed by atoms with E-state index in [4.69, 9.17) is 14.2 Å². The molecule has 0 aromatic rings. The molecule has 23 heavy (non-hydrogen) atoms. The van der Waals surface area contributed by atoms with Crippen molar-refractivity contribution in [2.75, 3.05) is 19.8 Å². The summed E-state index contributed by atoms with van der Waals surface area (Å²) in [4.78, 5) is 12.1. The Morgan fingerprint density at radius 1 is 1.13 bits per heavy atom. The third kappa shape index (κ3) is 4.17. The van der Waals surface area contributed by atoms with Gasteiger partial charge in [0.2, 0.25) is 0 Å². The Bertz CT molecular complexity index is 417. The van der Waals surface area contributed by atoms with E-state index in [2.05, 4.69) is 10.6 Å². The van der Waals surface area contributed by atoms with E-state index in [-0.39, 0.29) is 24.3 Å². The zero-order chi connectivity index (χ0) is 16.4. The Kier molecular flexibility index (Phi) is 5.13. The minimum absolute atomic E-state index is 0.0801. The molecular weight excluding hydrogens is 296 g/mol. The fraction of sp³-hybridized carbons (Fsp3) is 0.941. The van der Waals surface area contributed by atoms with Crippen LogP contribution in [0.3, 0.4) is 0 Å². The second-order valence-corrected chi connectivity index (χ2v) is 7.88. The van der Waals surface area contributed by atoms with Crippen molar-refractivity contribution < 1.29 is 19.0 Å². The molecule has 3 fully saturated rings. The van der Waals surface area contributed by atoms with Crippen molar-refractivity contribution in [1.82, 2.24) is 10.6 Å². The zero-order valence-electron chi connectivity index (χ0n) is 14.5. The number of carbonyl (C=O) groups is 1. The van der Waals surface area contributed by atoms with Crippen LogP contribution in [0.4, 0.5) is 4.79 Å². The fourth-order valence-corrected chi connectivity index (χ4v) is 3.86. The maximum Gasteiger partial charge on any atom is 0.407 e. The summed E-state index contributed by atoms with van der Waals surface area (Å²) in [6, 6.07) is 0.230. The van der Waals surface area contributed by atoms with Crippen molar-refractivity contribution in [3.63, 3.8) is 0 Å². The van der Waals surface area contributed by atoms with Crippen LogP contribution in [0.1, 0.15) is 46.5 Å². The highest BCUT2D eigenvalue weighted by Crippen LogP contribution is 2.38. The van der Waals surface area contributed by atoms with Gasteiger partial charge in [0.25, 0.3) is 0 Å². The molecule has 5 atom stereocenters. The summed E-state index contributed by atoms with van der Waals surface area (Å²) in [5.74, 6) is 0.387. The SMILES string of the molecule is CC(C)(C)OC(=O)NC1C2CCCOC2C1NCC1CCCO1. The van der Waals surface area contributed by atoms with E-state index >= 15 is 0 Å². The summed E-state index contributed by atoms with van der Waals surface area (Å²) < 4.78 is 17.0. The summed E-state index contributed by atoms with van der Waals surface area (Å²) in [7, 11) is 0. The van der Waals surface area contributed by atoms with Gasteiger partial charge in [0.1, 0.15) is 5.60 Å². The zero-order valence-corrected chi connectivity index (χ0v) is 14.5. The quantitative estimate of drug-likeness (QED) is 0.825. The second-order valence-electron chi connectivity index (χ2n) is 7.88. The lowest BCUT2D eigenvalue weighted by Gasteiger charge is -2.54. The molecule has 2 heterocycles. The molecule has 3 rings (SSSR count). The van der Waals surface area contributed by atoms with E-state index in [0.29, 0.717) is 12.0 Å². The molecule has 2 saturated heterocycles. The number of carbonyl (C=O) groups excluding carboxylic acids is 1. The monoisotopic (exact) mass is 326 g/mol. The first-order valence-corrected chi connectivity index (χ1v) is 8.90. The van der Waals surface area contributed by atoms with Crippen LogP contribution in [0.2, 0.25) is 0 Å². The van der Waals surface area contributed by atoms with Crippen LogP contribution in [-0.4, -0.2) is 55.7 Å². The van der Waals surface area contributed by atoms with Gasteiger partial charge < -0.3 is 24.8 Å². The summed E-state index contributed by atoms with van der Waals surface area (Å²) in [6.45, 7) is 8.15. The van der Waals surface area contributed by atoms with Gasteiger partial charge in [-0.15, -0.1) is 0 Å². The largest absolute Gasteiger partial charge is 0.444 e. The molecule has 0 spiro atoms. The van der Waals surface area contributed by atoms with Crippen molar-refractivity contribution in [1.29, 1.82) is 0 Å². The average Bonchev–Trinajstić information content (AvgIpc) is 2.97. The van der Waals surface area contributed by atoms with Crippen LogP contribution < -0.4 is 10.6 Å². The molecule has 1 saturated carbocycles. The van der Waals surface area contributed by atoms with Crippen LogP contribution in [-0.2, 0) is 14.2 Å². The van der Waals surface area contributed by atoms with Crippen molar-refractivity contribution in [2.45, 2.75) is 76.3 Å². The summed E-state index contributed by atoms with van der Waals surface area (Å²) >= 11 is 0. The van der Waals surface area contributed by atoms with Gasteiger partial charge in [0.15, 0.2) is 0 Å². The van der Waals surface area contributed by atoms with Gasteiger partial charge in [-0.25, -0.2) is 4.79 Å². The van der Waals surface area contributed by atoms with Gasteiger partial charge in [-0.05, 0) is 46.5 Å². The molecule has 0 bridgehead atoms. The molecule has 5 unspecified atom stereocenters. The maximum atomic E-state index is 12.1. The molecule has 0 radical (unpaired) electrons. The van der Waals surface area contributed by atoms with Crippen LogP contribution in [0.15, 0.2) is 0 Å². The molecule has 132 valence electrons. The lowest BCUT2D eigenvalue weighted by molar-refractivity contribution is -0.129. The van der Waals surface area contributed by atoms with Gasteiger partial charge in [0.05, 0.1) is 24.3 Å². The number of hydrogen-bond donors (Lipinski definition) is 2. The van der Waals surface area contributed by atoms with Gasteiger partial charge in [-0.1, -0.05) is 0 Å². The van der Waals surface area contributed by atoms with Crippen molar-refractivity contribution in [3.05, 3.63) is 0 Å². The molecule has 6 heteroatoms. The molecule has 1 amide bonds. The normalized spacial score (nSPS) is 36.9. The number of rotatable bonds is 4. The second kappa shape index (κ2) is 6.95. The standard InChI is InChI=1S/C17H30N2O4/c1-17(2,3)23-16(20)19-13-12-7-5-9-22-15(12)14(13)18-10-11-6-4-8-21-11/h11-15,18H,4-10H2,1-3H3,(H,19,20). The van der Waals surface area contributed by atoms with Crippen LogP contribution in [0.25, 0.3) is 0 Å². The first-order chi connectivity index (χ1) is 10.9. The van der Waals surface area contributed by atoms with E-state index < -0.39 is 5.60 Å². The van der Waals surface area contributed by atoms with Crippen LogP contribution >= 0.6 is 0 Å². The average molecular weight is 326 g/mol. The predicted octanol–water partition coefficient (Wildman–Crippen LogP) is 1.83. The highest BCUT2D eigenvalue weighted by atomic mass is 16.6. The maximum absolute atomic E-state index is 12.1.